The summed E-state index contributed by atoms with van der Waals surface area (Å²) in [7, 11) is 0. The van der Waals surface area contributed by atoms with Crippen molar-refractivity contribution in [3.8, 4) is 5.75 Å². The highest BCUT2D eigenvalue weighted by atomic mass is 127. The number of hydrogen-bond acceptors (Lipinski definition) is 3. The smallest absolute Gasteiger partial charge is 0.257 e. The van der Waals surface area contributed by atoms with E-state index < -0.39 is 0 Å². The van der Waals surface area contributed by atoms with Gasteiger partial charge in [-0.15, -0.1) is 0 Å². The van der Waals surface area contributed by atoms with Crippen molar-refractivity contribution in [1.82, 2.24) is 5.43 Å². The summed E-state index contributed by atoms with van der Waals surface area (Å²) in [5, 5.41) is 0. The highest BCUT2D eigenvalue weighted by molar-refractivity contribution is 14.1. The van der Waals surface area contributed by atoms with Crippen LogP contribution in [-0.4, -0.2) is 5.91 Å². The fourth-order valence-corrected chi connectivity index (χ4v) is 2.39. The number of ether oxygens (including phenoxy) is 1. The van der Waals surface area contributed by atoms with E-state index in [9.17, 15) is 4.79 Å². The highest BCUT2D eigenvalue weighted by Gasteiger charge is 2.02. The molecule has 0 aliphatic heterocycles. The Morgan fingerprint density at radius 2 is 2.00 bits per heavy atom. The van der Waals surface area contributed by atoms with Gasteiger partial charge in [0.15, 0.2) is 0 Å². The minimum absolute atomic E-state index is 0.339. The molecule has 108 valence electrons. The lowest BCUT2D eigenvalue weighted by molar-refractivity contribution is -0.116. The lowest BCUT2D eigenvalue weighted by Crippen LogP contribution is -2.27. The van der Waals surface area contributed by atoms with Crippen LogP contribution in [0.25, 0.3) is 6.08 Å². The van der Waals surface area contributed by atoms with Gasteiger partial charge in [0.05, 0.1) is 3.57 Å². The number of amides is 1. The molecule has 3 N–H and O–H groups in total. The molecular weight excluding hydrogens is 379 g/mol. The molecule has 0 aliphatic carbocycles. The molecule has 2 rings (SSSR count). The van der Waals surface area contributed by atoms with Crippen molar-refractivity contribution in [2.75, 3.05) is 0 Å². The number of halogens is 1. The molecular formula is C16H15IN2O2. The topological polar surface area (TPSA) is 64.3 Å². The summed E-state index contributed by atoms with van der Waals surface area (Å²) in [6.45, 7) is 0.529. The summed E-state index contributed by atoms with van der Waals surface area (Å²) in [6.07, 6.45) is 3.08. The summed E-state index contributed by atoms with van der Waals surface area (Å²) in [5.41, 5.74) is 4.08. The molecule has 1 amide bonds. The van der Waals surface area contributed by atoms with Crippen LogP contribution in [0.3, 0.4) is 0 Å². The van der Waals surface area contributed by atoms with Crippen molar-refractivity contribution in [2.45, 2.75) is 6.61 Å². The predicted octanol–water partition coefficient (Wildman–Crippen LogP) is 2.87. The number of benzene rings is 2. The van der Waals surface area contributed by atoms with Gasteiger partial charge in [0.1, 0.15) is 12.4 Å². The van der Waals surface area contributed by atoms with Crippen LogP contribution in [-0.2, 0) is 11.4 Å². The van der Waals surface area contributed by atoms with Gasteiger partial charge < -0.3 is 4.74 Å². The van der Waals surface area contributed by atoms with Crippen molar-refractivity contribution in [2.24, 2.45) is 5.84 Å². The average molecular weight is 394 g/mol. The summed E-state index contributed by atoms with van der Waals surface area (Å²) >= 11 is 2.21. The van der Waals surface area contributed by atoms with E-state index in [1.165, 1.54) is 6.08 Å². The molecule has 5 heteroatoms. The summed E-state index contributed by atoms with van der Waals surface area (Å²) < 4.78 is 6.78. The highest BCUT2D eigenvalue weighted by Crippen LogP contribution is 2.23. The molecule has 21 heavy (non-hydrogen) atoms. The Morgan fingerprint density at radius 1 is 1.24 bits per heavy atom. The van der Waals surface area contributed by atoms with E-state index >= 15 is 0 Å². The Kier molecular flexibility index (Phi) is 5.77. The number of hydrazine groups is 1. The van der Waals surface area contributed by atoms with E-state index in [1.54, 1.807) is 6.08 Å². The van der Waals surface area contributed by atoms with Crippen LogP contribution < -0.4 is 16.0 Å². The van der Waals surface area contributed by atoms with Crippen molar-refractivity contribution < 1.29 is 9.53 Å². The first-order valence-corrected chi connectivity index (χ1v) is 7.42. The zero-order valence-electron chi connectivity index (χ0n) is 11.3. The zero-order chi connectivity index (χ0) is 15.1. The van der Waals surface area contributed by atoms with Gasteiger partial charge in [-0.3, -0.25) is 10.2 Å². The largest absolute Gasteiger partial charge is 0.488 e. The third-order valence-corrected chi connectivity index (χ3v) is 3.61. The maximum Gasteiger partial charge on any atom is 0.257 e. The molecule has 2 aromatic carbocycles. The number of nitrogens with two attached hydrogens (primary N) is 1. The molecule has 0 unspecified atom stereocenters. The first kappa shape index (κ1) is 15.5. The van der Waals surface area contributed by atoms with Crippen molar-refractivity contribution in [1.29, 1.82) is 0 Å². The van der Waals surface area contributed by atoms with Crippen molar-refractivity contribution in [3.63, 3.8) is 0 Å². The maximum atomic E-state index is 11.0. The second kappa shape index (κ2) is 7.80. The Morgan fingerprint density at radius 3 is 2.67 bits per heavy atom. The Labute approximate surface area is 137 Å². The SMILES string of the molecule is NNC(=O)/C=C/c1ccc(OCc2ccccc2)c(I)c1. The zero-order valence-corrected chi connectivity index (χ0v) is 13.4. The molecule has 0 saturated heterocycles. The van der Waals surface area contributed by atoms with Crippen LogP contribution in [0.2, 0.25) is 0 Å². The van der Waals surface area contributed by atoms with Gasteiger partial charge in [0, 0.05) is 6.08 Å². The first-order chi connectivity index (χ1) is 10.2. The molecule has 2 aromatic rings. The quantitative estimate of drug-likeness (QED) is 0.270. The standard InChI is InChI=1S/C16H15IN2O2/c17-14-10-12(7-9-16(20)19-18)6-8-15(14)21-11-13-4-2-1-3-5-13/h1-10H,11,18H2,(H,19,20)/b9-7+. The van der Waals surface area contributed by atoms with Gasteiger partial charge in [-0.05, 0) is 51.9 Å². The fraction of sp³-hybridized carbons (Fsp3) is 0.0625. The Hall–Kier alpha value is -1.86. The van der Waals surface area contributed by atoms with Gasteiger partial charge in [0.25, 0.3) is 5.91 Å². The molecule has 0 saturated carbocycles. The lowest BCUT2D eigenvalue weighted by atomic mass is 10.2. The lowest BCUT2D eigenvalue weighted by Gasteiger charge is -2.09. The Bertz CT molecular complexity index is 642. The summed E-state index contributed by atoms with van der Waals surface area (Å²) in [5.74, 6) is 5.49. The van der Waals surface area contributed by atoms with Crippen molar-refractivity contribution in [3.05, 3.63) is 69.3 Å². The minimum Gasteiger partial charge on any atom is -0.488 e. The van der Waals surface area contributed by atoms with E-state index in [-0.39, 0.29) is 5.91 Å². The third-order valence-electron chi connectivity index (χ3n) is 2.76. The molecule has 0 heterocycles. The van der Waals surface area contributed by atoms with Crippen LogP contribution in [0.15, 0.2) is 54.6 Å². The van der Waals surface area contributed by atoms with E-state index in [1.807, 2.05) is 54.0 Å². The second-order valence-corrected chi connectivity index (χ2v) is 5.47. The monoisotopic (exact) mass is 394 g/mol. The first-order valence-electron chi connectivity index (χ1n) is 6.34. The van der Waals surface area contributed by atoms with Gasteiger partial charge in [-0.1, -0.05) is 36.4 Å². The van der Waals surface area contributed by atoms with Crippen LogP contribution in [0.5, 0.6) is 5.75 Å². The van der Waals surface area contributed by atoms with Gasteiger partial charge in [0.2, 0.25) is 0 Å². The number of hydrogen-bond donors (Lipinski definition) is 2. The molecule has 0 radical (unpaired) electrons. The minimum atomic E-state index is -0.339. The number of carbonyl (C=O) groups is 1. The molecule has 0 spiro atoms. The second-order valence-electron chi connectivity index (χ2n) is 4.31. The summed E-state index contributed by atoms with van der Waals surface area (Å²) in [6, 6.07) is 15.7. The third kappa shape index (κ3) is 4.87. The van der Waals surface area contributed by atoms with Gasteiger partial charge in [-0.2, -0.15) is 0 Å². The molecule has 0 fully saturated rings. The molecule has 0 aliphatic rings. The number of rotatable bonds is 5. The molecule has 0 atom stereocenters. The number of carbonyl (C=O) groups excluding carboxylic acids is 1. The van der Waals surface area contributed by atoms with Gasteiger partial charge >= 0.3 is 0 Å². The number of nitrogens with one attached hydrogen (secondary N) is 1. The molecule has 0 bridgehead atoms. The average Bonchev–Trinajstić information content (AvgIpc) is 2.52. The van der Waals surface area contributed by atoms with E-state index in [4.69, 9.17) is 10.6 Å². The van der Waals surface area contributed by atoms with Crippen LogP contribution in [0, 0.1) is 3.57 Å². The summed E-state index contributed by atoms with van der Waals surface area (Å²) in [4.78, 5) is 11.0. The van der Waals surface area contributed by atoms with Crippen LogP contribution in [0.1, 0.15) is 11.1 Å². The fourth-order valence-electron chi connectivity index (χ4n) is 1.69. The van der Waals surface area contributed by atoms with Crippen LogP contribution >= 0.6 is 22.6 Å². The molecule has 4 nitrogen and oxygen atoms in total. The van der Waals surface area contributed by atoms with Crippen LogP contribution in [0.4, 0.5) is 0 Å². The van der Waals surface area contributed by atoms with E-state index in [0.717, 1.165) is 20.4 Å². The molecule has 0 aromatic heterocycles. The van der Waals surface area contributed by atoms with E-state index in [2.05, 4.69) is 22.6 Å². The predicted molar refractivity (Wildman–Crippen MR) is 91.3 cm³/mol. The maximum absolute atomic E-state index is 11.0. The van der Waals surface area contributed by atoms with Crippen molar-refractivity contribution >= 4 is 34.6 Å². The Balaban J connectivity index is 2.02. The van der Waals surface area contributed by atoms with Gasteiger partial charge in [-0.25, -0.2) is 5.84 Å². The van der Waals surface area contributed by atoms with E-state index in [0.29, 0.717) is 6.61 Å². The normalized spacial score (nSPS) is 10.6.